The van der Waals surface area contributed by atoms with Gasteiger partial charge in [0.1, 0.15) is 5.56 Å². The van der Waals surface area contributed by atoms with Gasteiger partial charge in [-0.15, -0.1) is 11.3 Å². The smallest absolute Gasteiger partial charge is 0.282 e. The van der Waals surface area contributed by atoms with E-state index >= 15 is 0 Å². The normalized spacial score (nSPS) is 12.3. The fraction of sp³-hybridized carbons (Fsp3) is 0.222. The standard InChI is InChI=1S/C18H19N3O3S/c1-12-16(17(23)15-8-5-9-25-15)18(24)21(13-6-3-2-4-7-13)20(12)11-14(22)10-19/h2-9,14,22H,10-11,19H2,1H3. The van der Waals surface area contributed by atoms with Crippen LogP contribution in [0.5, 0.6) is 0 Å². The molecule has 3 N–H and O–H groups in total. The van der Waals surface area contributed by atoms with E-state index in [1.807, 2.05) is 18.2 Å². The second kappa shape index (κ2) is 7.18. The Bertz CT molecular complexity index is 927. The Balaban J connectivity index is 2.21. The monoisotopic (exact) mass is 357 g/mol. The van der Waals surface area contributed by atoms with Crippen LogP contribution >= 0.6 is 11.3 Å². The number of carbonyl (C=O) groups is 1. The van der Waals surface area contributed by atoms with Gasteiger partial charge in [-0.05, 0) is 30.5 Å². The fourth-order valence-electron chi connectivity index (χ4n) is 2.76. The third-order valence-corrected chi connectivity index (χ3v) is 4.89. The molecule has 25 heavy (non-hydrogen) atoms. The Hall–Kier alpha value is -2.48. The van der Waals surface area contributed by atoms with Crippen LogP contribution in [0.15, 0.2) is 52.6 Å². The number of nitrogens with zero attached hydrogens (tertiary/aromatic N) is 2. The summed E-state index contributed by atoms with van der Waals surface area (Å²) in [6.07, 6.45) is -0.815. The van der Waals surface area contributed by atoms with Gasteiger partial charge in [0.25, 0.3) is 5.56 Å². The third kappa shape index (κ3) is 3.21. The van der Waals surface area contributed by atoms with Crippen LogP contribution < -0.4 is 11.3 Å². The summed E-state index contributed by atoms with van der Waals surface area (Å²) >= 11 is 1.30. The van der Waals surface area contributed by atoms with E-state index in [1.165, 1.54) is 16.0 Å². The first-order valence-electron chi connectivity index (χ1n) is 7.88. The van der Waals surface area contributed by atoms with E-state index in [2.05, 4.69) is 0 Å². The molecule has 0 aliphatic heterocycles. The number of hydrogen-bond donors (Lipinski definition) is 2. The van der Waals surface area contributed by atoms with Crippen LogP contribution in [0.1, 0.15) is 20.9 Å². The zero-order valence-electron chi connectivity index (χ0n) is 13.8. The Morgan fingerprint density at radius 3 is 2.56 bits per heavy atom. The molecule has 0 saturated heterocycles. The lowest BCUT2D eigenvalue weighted by atomic mass is 10.1. The molecule has 130 valence electrons. The first-order valence-corrected chi connectivity index (χ1v) is 8.76. The molecular weight excluding hydrogens is 338 g/mol. The molecule has 3 aromatic rings. The SMILES string of the molecule is Cc1c(C(=O)c2cccs2)c(=O)n(-c2ccccc2)n1CC(O)CN. The van der Waals surface area contributed by atoms with Crippen molar-refractivity contribution in [3.8, 4) is 5.69 Å². The van der Waals surface area contributed by atoms with Gasteiger partial charge in [-0.1, -0.05) is 24.3 Å². The predicted octanol–water partition coefficient (Wildman–Crippen LogP) is 1.56. The van der Waals surface area contributed by atoms with Crippen LogP contribution in [0.4, 0.5) is 0 Å². The highest BCUT2D eigenvalue weighted by Gasteiger charge is 2.25. The summed E-state index contributed by atoms with van der Waals surface area (Å²) in [5, 5.41) is 11.8. The number of rotatable bonds is 6. The maximum Gasteiger partial charge on any atom is 0.282 e. The molecule has 6 nitrogen and oxygen atoms in total. The molecule has 0 aliphatic rings. The Kier molecular flexibility index (Phi) is 4.98. The number of aliphatic hydroxyl groups excluding tert-OH is 1. The summed E-state index contributed by atoms with van der Waals surface area (Å²) in [5.74, 6) is -0.303. The third-order valence-electron chi connectivity index (χ3n) is 4.03. The first-order chi connectivity index (χ1) is 12.0. The minimum Gasteiger partial charge on any atom is -0.390 e. The van der Waals surface area contributed by atoms with Crippen molar-refractivity contribution in [2.45, 2.75) is 19.6 Å². The largest absolute Gasteiger partial charge is 0.390 e. The molecule has 0 saturated carbocycles. The van der Waals surface area contributed by atoms with Crippen LogP contribution in [0.2, 0.25) is 0 Å². The average Bonchev–Trinajstić information content (AvgIpc) is 3.23. The van der Waals surface area contributed by atoms with Crippen LogP contribution in [0.3, 0.4) is 0 Å². The van der Waals surface area contributed by atoms with E-state index < -0.39 is 11.7 Å². The molecule has 0 aliphatic carbocycles. The molecule has 0 fully saturated rings. The highest BCUT2D eigenvalue weighted by molar-refractivity contribution is 7.12. The molecule has 2 aromatic heterocycles. The molecule has 0 bridgehead atoms. The van der Waals surface area contributed by atoms with Gasteiger partial charge < -0.3 is 10.8 Å². The second-order valence-electron chi connectivity index (χ2n) is 5.69. The summed E-state index contributed by atoms with van der Waals surface area (Å²) < 4.78 is 3.05. The van der Waals surface area contributed by atoms with E-state index in [4.69, 9.17) is 5.73 Å². The molecular formula is C18H19N3O3S. The van der Waals surface area contributed by atoms with Crippen molar-refractivity contribution >= 4 is 17.1 Å². The number of hydrogen-bond acceptors (Lipinski definition) is 5. The van der Waals surface area contributed by atoms with Crippen LogP contribution in [-0.2, 0) is 6.54 Å². The minimum absolute atomic E-state index is 0.0643. The van der Waals surface area contributed by atoms with Crippen molar-refractivity contribution < 1.29 is 9.90 Å². The van der Waals surface area contributed by atoms with Crippen molar-refractivity contribution in [2.24, 2.45) is 5.73 Å². The molecule has 0 amide bonds. The van der Waals surface area contributed by atoms with Gasteiger partial charge in [0.2, 0.25) is 5.78 Å². The van der Waals surface area contributed by atoms with Gasteiger partial charge >= 0.3 is 0 Å². The lowest BCUT2D eigenvalue weighted by molar-refractivity contribution is 0.104. The van der Waals surface area contributed by atoms with Crippen LogP contribution in [0.25, 0.3) is 5.69 Å². The molecule has 1 atom stereocenters. The molecule has 0 radical (unpaired) electrons. The van der Waals surface area contributed by atoms with Gasteiger partial charge in [0.05, 0.1) is 23.2 Å². The number of carbonyl (C=O) groups excluding carboxylic acids is 1. The summed E-state index contributed by atoms with van der Waals surface area (Å²) in [6.45, 7) is 1.91. The first kappa shape index (κ1) is 17.3. The van der Waals surface area contributed by atoms with Crippen molar-refractivity contribution in [1.82, 2.24) is 9.36 Å². The van der Waals surface area contributed by atoms with E-state index in [0.717, 1.165) is 0 Å². The van der Waals surface area contributed by atoms with Crippen molar-refractivity contribution in [1.29, 1.82) is 0 Å². The second-order valence-corrected chi connectivity index (χ2v) is 6.64. The number of nitrogens with two attached hydrogens (primary N) is 1. The predicted molar refractivity (Wildman–Crippen MR) is 97.6 cm³/mol. The van der Waals surface area contributed by atoms with Crippen molar-refractivity contribution in [3.05, 3.63) is 74.3 Å². The fourth-order valence-corrected chi connectivity index (χ4v) is 3.43. The zero-order valence-corrected chi connectivity index (χ0v) is 14.6. The summed E-state index contributed by atoms with van der Waals surface area (Å²) in [4.78, 5) is 26.3. The molecule has 1 unspecified atom stereocenters. The van der Waals surface area contributed by atoms with E-state index in [1.54, 1.807) is 41.3 Å². The highest BCUT2D eigenvalue weighted by Crippen LogP contribution is 2.18. The number of para-hydroxylation sites is 1. The van der Waals surface area contributed by atoms with Crippen LogP contribution in [0, 0.1) is 6.92 Å². The summed E-state index contributed by atoms with van der Waals surface area (Å²) in [7, 11) is 0. The van der Waals surface area contributed by atoms with Gasteiger partial charge in [0.15, 0.2) is 0 Å². The number of ketones is 1. The highest BCUT2D eigenvalue weighted by atomic mass is 32.1. The maximum absolute atomic E-state index is 13.0. The van der Waals surface area contributed by atoms with E-state index in [9.17, 15) is 14.7 Å². The quantitative estimate of drug-likeness (QED) is 0.655. The zero-order chi connectivity index (χ0) is 18.0. The topological polar surface area (TPSA) is 90.2 Å². The number of aromatic nitrogens is 2. The average molecular weight is 357 g/mol. The molecule has 7 heteroatoms. The van der Waals surface area contributed by atoms with Gasteiger partial charge in [0, 0.05) is 12.2 Å². The van der Waals surface area contributed by atoms with Gasteiger partial charge in [-0.25, -0.2) is 4.68 Å². The summed E-state index contributed by atoms with van der Waals surface area (Å²) in [5.41, 5.74) is 6.39. The molecule has 1 aromatic carbocycles. The Labute approximate surface area is 148 Å². The number of thiophene rings is 1. The molecule has 2 heterocycles. The van der Waals surface area contributed by atoms with Crippen molar-refractivity contribution in [3.63, 3.8) is 0 Å². The van der Waals surface area contributed by atoms with E-state index in [0.29, 0.717) is 16.3 Å². The van der Waals surface area contributed by atoms with Gasteiger partial charge in [-0.3, -0.25) is 14.3 Å². The molecule has 3 rings (SSSR count). The molecule has 0 spiro atoms. The van der Waals surface area contributed by atoms with Crippen molar-refractivity contribution in [2.75, 3.05) is 6.54 Å². The number of benzene rings is 1. The maximum atomic E-state index is 13.0. The summed E-state index contributed by atoms with van der Waals surface area (Å²) in [6, 6.07) is 12.5. The number of aliphatic hydroxyl groups is 1. The lowest BCUT2D eigenvalue weighted by Crippen LogP contribution is -2.30. The Morgan fingerprint density at radius 1 is 1.24 bits per heavy atom. The minimum atomic E-state index is -0.815. The Morgan fingerprint density at radius 2 is 1.96 bits per heavy atom. The van der Waals surface area contributed by atoms with Crippen LogP contribution in [-0.4, -0.2) is 32.9 Å². The van der Waals surface area contributed by atoms with Gasteiger partial charge in [-0.2, -0.15) is 0 Å². The lowest BCUT2D eigenvalue weighted by Gasteiger charge is -2.16. The van der Waals surface area contributed by atoms with E-state index in [-0.39, 0.29) is 24.4 Å².